The molecule has 0 bridgehead atoms. The average Bonchev–Trinajstić information content (AvgIpc) is 3.53. The number of carbonyl (C=O) groups excluding carboxylic acids is 3. The van der Waals surface area contributed by atoms with E-state index in [0.717, 1.165) is 36.4 Å². The molecule has 38 heavy (non-hydrogen) atoms. The van der Waals surface area contributed by atoms with Gasteiger partial charge in [-0.15, -0.1) is 11.3 Å². The fourth-order valence-corrected chi connectivity index (χ4v) is 5.35. The first-order valence-electron chi connectivity index (χ1n) is 12.7. The number of H-pyrrole nitrogens is 1. The molecule has 202 valence electrons. The van der Waals surface area contributed by atoms with E-state index in [2.05, 4.69) is 20.3 Å². The zero-order valence-corrected chi connectivity index (χ0v) is 22.4. The van der Waals surface area contributed by atoms with E-state index in [1.54, 1.807) is 18.7 Å². The van der Waals surface area contributed by atoms with E-state index in [4.69, 9.17) is 0 Å². The molecule has 0 saturated carbocycles. The second-order valence-electron chi connectivity index (χ2n) is 9.78. The lowest BCUT2D eigenvalue weighted by atomic mass is 9.96. The van der Waals surface area contributed by atoms with Gasteiger partial charge in [0.2, 0.25) is 5.91 Å². The van der Waals surface area contributed by atoms with Crippen LogP contribution in [0.15, 0.2) is 30.6 Å². The Bertz CT molecular complexity index is 1320. The van der Waals surface area contributed by atoms with Gasteiger partial charge in [0.25, 0.3) is 5.91 Å². The quantitative estimate of drug-likeness (QED) is 0.404. The van der Waals surface area contributed by atoms with Gasteiger partial charge in [-0.2, -0.15) is 0 Å². The monoisotopic (exact) mass is 543 g/mol. The van der Waals surface area contributed by atoms with Gasteiger partial charge in [-0.1, -0.05) is 6.92 Å². The van der Waals surface area contributed by atoms with Crippen LogP contribution in [-0.2, 0) is 9.59 Å². The largest absolute Gasteiger partial charge is 0.342 e. The van der Waals surface area contributed by atoms with Gasteiger partial charge in [0.1, 0.15) is 22.3 Å². The van der Waals surface area contributed by atoms with Gasteiger partial charge in [-0.25, -0.2) is 18.7 Å². The molecule has 1 aliphatic heterocycles. The maximum atomic E-state index is 14.2. The highest BCUT2D eigenvalue weighted by atomic mass is 32.1. The van der Waals surface area contributed by atoms with Crippen molar-refractivity contribution in [2.45, 2.75) is 70.9 Å². The van der Waals surface area contributed by atoms with Gasteiger partial charge in [0.05, 0.1) is 35.6 Å². The fourth-order valence-electron chi connectivity index (χ4n) is 4.67. The summed E-state index contributed by atoms with van der Waals surface area (Å²) in [6.07, 6.45) is 5.61. The van der Waals surface area contributed by atoms with Crippen LogP contribution in [-0.4, -0.2) is 56.1 Å². The van der Waals surface area contributed by atoms with E-state index >= 15 is 0 Å². The number of nitrogens with one attached hydrogen (secondary N) is 2. The average molecular weight is 544 g/mol. The molecule has 0 radical (unpaired) electrons. The molecule has 0 spiro atoms. The first-order chi connectivity index (χ1) is 18.1. The van der Waals surface area contributed by atoms with Crippen molar-refractivity contribution in [1.29, 1.82) is 0 Å². The van der Waals surface area contributed by atoms with Crippen LogP contribution in [0.5, 0.6) is 0 Å². The van der Waals surface area contributed by atoms with E-state index in [9.17, 15) is 23.2 Å². The van der Waals surface area contributed by atoms with Crippen LogP contribution in [0.3, 0.4) is 0 Å². The molecule has 2 N–H and O–H groups in total. The van der Waals surface area contributed by atoms with E-state index in [0.29, 0.717) is 22.9 Å². The number of benzene rings is 1. The minimum absolute atomic E-state index is 0.00560. The molecule has 4 rings (SSSR count). The van der Waals surface area contributed by atoms with Crippen LogP contribution in [0.4, 0.5) is 8.78 Å². The number of aromatic nitrogens is 3. The molecule has 3 heterocycles. The molecule has 2 amide bonds. The van der Waals surface area contributed by atoms with Crippen LogP contribution < -0.4 is 5.32 Å². The van der Waals surface area contributed by atoms with Gasteiger partial charge in [0.15, 0.2) is 5.78 Å². The molecule has 0 unspecified atom stereocenters. The summed E-state index contributed by atoms with van der Waals surface area (Å²) in [6, 6.07) is 2.33. The van der Waals surface area contributed by atoms with E-state index in [-0.39, 0.29) is 36.1 Å². The number of hydrogen-bond acceptors (Lipinski definition) is 6. The highest BCUT2D eigenvalue weighted by molar-refractivity contribution is 7.13. The standard InChI is InChI=1S/C27H31F2N5O3S/c1-15(26-31-13-22(32-26)19-8-7-18(28)11-20(19)29)10-23(35)21(33-27(37)24-14-30-17(3)38-24)12-25(36)34-9-5-4-6-16(34)2/h7-8,11,13-16,21H,4-6,9-10,12H2,1-3H3,(H,31,32)(H,33,37)/t15-,16+,21+/m1/s1. The summed E-state index contributed by atoms with van der Waals surface area (Å²) in [6.45, 7) is 6.19. The number of hydrogen-bond donors (Lipinski definition) is 2. The van der Waals surface area contributed by atoms with Gasteiger partial charge in [-0.3, -0.25) is 14.4 Å². The lowest BCUT2D eigenvalue weighted by Gasteiger charge is -2.34. The number of nitrogens with zero attached hydrogens (tertiary/aromatic N) is 3. The smallest absolute Gasteiger partial charge is 0.263 e. The Balaban J connectivity index is 1.49. The number of imidazole rings is 1. The maximum absolute atomic E-state index is 14.2. The summed E-state index contributed by atoms with van der Waals surface area (Å²) < 4.78 is 27.5. The minimum Gasteiger partial charge on any atom is -0.342 e. The molecule has 2 aromatic heterocycles. The SMILES string of the molecule is Cc1ncc(C(=O)N[C@@H](CC(=O)N2CCCC[C@@H]2C)C(=O)C[C@@H](C)c2ncc(-c3ccc(F)cc3F)[nH]2)s1. The number of ketones is 1. The number of thiazole rings is 1. The van der Waals surface area contributed by atoms with Crippen molar-refractivity contribution in [2.75, 3.05) is 6.54 Å². The van der Waals surface area contributed by atoms with Crippen LogP contribution in [0, 0.1) is 18.6 Å². The van der Waals surface area contributed by atoms with Crippen molar-refractivity contribution in [3.05, 3.63) is 57.9 Å². The molecular weight excluding hydrogens is 512 g/mol. The van der Waals surface area contributed by atoms with Crippen LogP contribution in [0.2, 0.25) is 0 Å². The Morgan fingerprint density at radius 1 is 1.18 bits per heavy atom. The number of aromatic amines is 1. The predicted molar refractivity (Wildman–Crippen MR) is 140 cm³/mol. The number of rotatable bonds is 9. The zero-order chi connectivity index (χ0) is 27.4. The highest BCUT2D eigenvalue weighted by Gasteiger charge is 2.31. The van der Waals surface area contributed by atoms with Crippen molar-refractivity contribution in [3.63, 3.8) is 0 Å². The van der Waals surface area contributed by atoms with Gasteiger partial charge in [0, 0.05) is 36.6 Å². The normalized spacial score (nSPS) is 17.2. The number of amides is 2. The van der Waals surface area contributed by atoms with Crippen molar-refractivity contribution >= 4 is 28.9 Å². The molecule has 8 nitrogen and oxygen atoms in total. The van der Waals surface area contributed by atoms with Crippen LogP contribution >= 0.6 is 11.3 Å². The Morgan fingerprint density at radius 2 is 1.97 bits per heavy atom. The zero-order valence-electron chi connectivity index (χ0n) is 21.6. The van der Waals surface area contributed by atoms with Gasteiger partial charge in [-0.05, 0) is 45.2 Å². The third-order valence-electron chi connectivity index (χ3n) is 6.83. The number of carbonyl (C=O) groups is 3. The molecule has 11 heteroatoms. The summed E-state index contributed by atoms with van der Waals surface area (Å²) in [5.41, 5.74) is 0.520. The topological polar surface area (TPSA) is 108 Å². The first-order valence-corrected chi connectivity index (χ1v) is 13.5. The Labute approximate surface area is 223 Å². The van der Waals surface area contributed by atoms with Gasteiger partial charge < -0.3 is 15.2 Å². The number of piperidine rings is 1. The number of halogens is 2. The minimum atomic E-state index is -1.02. The molecule has 1 aromatic carbocycles. The van der Waals surface area contributed by atoms with Crippen molar-refractivity contribution in [1.82, 2.24) is 25.2 Å². The van der Waals surface area contributed by atoms with Gasteiger partial charge >= 0.3 is 0 Å². The molecule has 0 aliphatic carbocycles. The van der Waals surface area contributed by atoms with E-state index < -0.39 is 29.5 Å². The summed E-state index contributed by atoms with van der Waals surface area (Å²) in [5.74, 6) is -2.30. The summed E-state index contributed by atoms with van der Waals surface area (Å²) >= 11 is 1.21. The Hall–Kier alpha value is -3.47. The summed E-state index contributed by atoms with van der Waals surface area (Å²) in [5, 5.41) is 3.47. The molecule has 1 saturated heterocycles. The lowest BCUT2D eigenvalue weighted by Crippen LogP contribution is -2.48. The molecular formula is C27H31F2N5O3S. The second kappa shape index (κ2) is 11.9. The first kappa shape index (κ1) is 27.6. The molecule has 3 atom stereocenters. The van der Waals surface area contributed by atoms with Crippen molar-refractivity contribution in [2.24, 2.45) is 0 Å². The highest BCUT2D eigenvalue weighted by Crippen LogP contribution is 2.26. The lowest BCUT2D eigenvalue weighted by molar-refractivity contribution is -0.137. The Morgan fingerprint density at radius 3 is 2.66 bits per heavy atom. The van der Waals surface area contributed by atoms with Crippen molar-refractivity contribution < 1.29 is 23.2 Å². The van der Waals surface area contributed by atoms with E-state index in [1.807, 2.05) is 6.92 Å². The van der Waals surface area contributed by atoms with E-state index in [1.165, 1.54) is 29.8 Å². The number of aryl methyl sites for hydroxylation is 1. The second-order valence-corrected chi connectivity index (χ2v) is 11.0. The maximum Gasteiger partial charge on any atom is 0.263 e. The summed E-state index contributed by atoms with van der Waals surface area (Å²) in [4.78, 5) is 53.0. The number of Topliss-reactive ketones (excluding diaryl/α,β-unsaturated/α-hetero) is 1. The number of likely N-dealkylation sites (tertiary alicyclic amines) is 1. The Kier molecular flexibility index (Phi) is 8.65. The fraction of sp³-hybridized carbons (Fsp3) is 0.444. The van der Waals surface area contributed by atoms with Crippen LogP contribution in [0.1, 0.15) is 72.4 Å². The molecule has 1 fully saturated rings. The molecule has 3 aromatic rings. The molecule has 1 aliphatic rings. The van der Waals surface area contributed by atoms with Crippen molar-refractivity contribution in [3.8, 4) is 11.3 Å². The van der Waals surface area contributed by atoms with Crippen LogP contribution in [0.25, 0.3) is 11.3 Å². The summed E-state index contributed by atoms with van der Waals surface area (Å²) in [7, 11) is 0. The third-order valence-corrected chi connectivity index (χ3v) is 7.74. The predicted octanol–water partition coefficient (Wildman–Crippen LogP) is 4.77. The third kappa shape index (κ3) is 6.50.